The van der Waals surface area contributed by atoms with Crippen LogP contribution < -0.4 is 5.32 Å². The zero-order chi connectivity index (χ0) is 16.8. The van der Waals surface area contributed by atoms with Crippen LogP contribution in [0.25, 0.3) is 0 Å². The number of pyridine rings is 1. The van der Waals surface area contributed by atoms with Gasteiger partial charge >= 0.3 is 0 Å². The summed E-state index contributed by atoms with van der Waals surface area (Å²) in [5.74, 6) is 0.509. The molecule has 0 amide bonds. The van der Waals surface area contributed by atoms with Gasteiger partial charge in [-0.2, -0.15) is 0 Å². The SMILES string of the molecule is CC(C)c1nc(CN(Cc2ccccn2)C2CCCNCC2)cs1.Cl. The van der Waals surface area contributed by atoms with Crippen LogP contribution in [0.15, 0.2) is 29.8 Å². The van der Waals surface area contributed by atoms with Crippen molar-refractivity contribution in [3.63, 3.8) is 0 Å². The van der Waals surface area contributed by atoms with Crippen LogP contribution in [0.3, 0.4) is 0 Å². The number of halogens is 1. The smallest absolute Gasteiger partial charge is 0.0954 e. The van der Waals surface area contributed by atoms with Crippen molar-refractivity contribution in [3.8, 4) is 0 Å². The summed E-state index contributed by atoms with van der Waals surface area (Å²) >= 11 is 1.79. The molecule has 6 heteroatoms. The minimum atomic E-state index is 0. The fraction of sp³-hybridized carbons (Fsp3) is 0.579. The van der Waals surface area contributed by atoms with Crippen LogP contribution in [0.1, 0.15) is 55.4 Å². The molecule has 0 spiro atoms. The zero-order valence-electron chi connectivity index (χ0n) is 15.1. The highest BCUT2D eigenvalue weighted by atomic mass is 35.5. The maximum Gasteiger partial charge on any atom is 0.0954 e. The lowest BCUT2D eigenvalue weighted by molar-refractivity contribution is 0.160. The van der Waals surface area contributed by atoms with Gasteiger partial charge in [0.15, 0.2) is 0 Å². The number of rotatable bonds is 6. The second-order valence-electron chi connectivity index (χ2n) is 6.89. The lowest BCUT2D eigenvalue weighted by atomic mass is 10.1. The number of hydrogen-bond donors (Lipinski definition) is 1. The highest BCUT2D eigenvalue weighted by Crippen LogP contribution is 2.23. The number of nitrogens with zero attached hydrogens (tertiary/aromatic N) is 3. The molecule has 0 bridgehead atoms. The van der Waals surface area contributed by atoms with Crippen molar-refractivity contribution in [1.82, 2.24) is 20.2 Å². The second-order valence-corrected chi connectivity index (χ2v) is 7.78. The van der Waals surface area contributed by atoms with Gasteiger partial charge in [-0.25, -0.2) is 4.98 Å². The topological polar surface area (TPSA) is 41.1 Å². The third-order valence-corrected chi connectivity index (χ3v) is 5.78. The second kappa shape index (κ2) is 10.2. The molecular formula is C19H29ClN4S. The molecule has 0 saturated carbocycles. The van der Waals surface area contributed by atoms with E-state index in [2.05, 4.69) is 46.6 Å². The first kappa shape index (κ1) is 20.3. The van der Waals surface area contributed by atoms with Crippen LogP contribution in [-0.4, -0.2) is 34.0 Å². The molecule has 1 N–H and O–H groups in total. The first-order chi connectivity index (χ1) is 11.7. The van der Waals surface area contributed by atoms with Crippen LogP contribution in [0, 0.1) is 0 Å². The molecule has 0 radical (unpaired) electrons. The summed E-state index contributed by atoms with van der Waals surface area (Å²) in [5.41, 5.74) is 2.35. The fourth-order valence-corrected chi connectivity index (χ4v) is 4.07. The van der Waals surface area contributed by atoms with E-state index in [-0.39, 0.29) is 12.4 Å². The number of thiazole rings is 1. The van der Waals surface area contributed by atoms with Crippen molar-refractivity contribution in [2.45, 2.75) is 58.2 Å². The molecule has 1 aliphatic rings. The molecule has 1 unspecified atom stereocenters. The maximum absolute atomic E-state index is 4.85. The van der Waals surface area contributed by atoms with Gasteiger partial charge < -0.3 is 5.32 Å². The molecule has 1 saturated heterocycles. The number of nitrogens with one attached hydrogen (secondary N) is 1. The van der Waals surface area contributed by atoms with E-state index in [4.69, 9.17) is 4.98 Å². The van der Waals surface area contributed by atoms with Crippen LogP contribution in [0.2, 0.25) is 0 Å². The molecule has 138 valence electrons. The lowest BCUT2D eigenvalue weighted by Crippen LogP contribution is -2.35. The van der Waals surface area contributed by atoms with Gasteiger partial charge in [0.1, 0.15) is 0 Å². The monoisotopic (exact) mass is 380 g/mol. The molecule has 25 heavy (non-hydrogen) atoms. The molecule has 3 rings (SSSR count). The Morgan fingerprint density at radius 3 is 2.76 bits per heavy atom. The molecule has 2 aromatic heterocycles. The maximum atomic E-state index is 4.85. The molecule has 1 aliphatic heterocycles. The summed E-state index contributed by atoms with van der Waals surface area (Å²) in [5, 5.41) is 7.00. The first-order valence-corrected chi connectivity index (χ1v) is 9.89. The predicted molar refractivity (Wildman–Crippen MR) is 107 cm³/mol. The van der Waals surface area contributed by atoms with Crippen molar-refractivity contribution in [3.05, 3.63) is 46.2 Å². The van der Waals surface area contributed by atoms with Crippen LogP contribution in [0.5, 0.6) is 0 Å². The summed E-state index contributed by atoms with van der Waals surface area (Å²) in [6.07, 6.45) is 5.59. The molecule has 3 heterocycles. The van der Waals surface area contributed by atoms with E-state index in [0.717, 1.165) is 31.9 Å². The Bertz CT molecular complexity index is 609. The van der Waals surface area contributed by atoms with E-state index >= 15 is 0 Å². The van der Waals surface area contributed by atoms with E-state index in [1.54, 1.807) is 11.3 Å². The summed E-state index contributed by atoms with van der Waals surface area (Å²) in [7, 11) is 0. The first-order valence-electron chi connectivity index (χ1n) is 9.01. The van der Waals surface area contributed by atoms with Gasteiger partial charge in [0, 0.05) is 36.6 Å². The molecule has 4 nitrogen and oxygen atoms in total. The molecule has 1 atom stereocenters. The third-order valence-electron chi connectivity index (χ3n) is 4.58. The zero-order valence-corrected chi connectivity index (χ0v) is 16.8. The van der Waals surface area contributed by atoms with E-state index in [1.165, 1.54) is 30.0 Å². The standard InChI is InChI=1S/C19H28N4S.ClH/c1-15(2)19-22-17(14-24-19)13-23(12-16-6-3-4-10-21-16)18-7-5-9-20-11-8-18;/h3-4,6,10,14-15,18,20H,5,7-9,11-13H2,1-2H3;1H. The van der Waals surface area contributed by atoms with Crippen LogP contribution in [0.4, 0.5) is 0 Å². The number of hydrogen-bond acceptors (Lipinski definition) is 5. The Morgan fingerprint density at radius 1 is 1.20 bits per heavy atom. The molecule has 1 fully saturated rings. The van der Waals surface area contributed by atoms with Gasteiger partial charge in [-0.15, -0.1) is 23.7 Å². The number of aromatic nitrogens is 2. The Balaban J connectivity index is 0.00000225. The fourth-order valence-electron chi connectivity index (χ4n) is 3.25. The van der Waals surface area contributed by atoms with Gasteiger partial charge in [0.05, 0.1) is 16.4 Å². The summed E-state index contributed by atoms with van der Waals surface area (Å²) in [6.45, 7) is 8.50. The van der Waals surface area contributed by atoms with E-state index in [1.807, 2.05) is 12.3 Å². The van der Waals surface area contributed by atoms with Crippen molar-refractivity contribution in [2.24, 2.45) is 0 Å². The largest absolute Gasteiger partial charge is 0.317 e. The summed E-state index contributed by atoms with van der Waals surface area (Å²) < 4.78 is 0. The van der Waals surface area contributed by atoms with Crippen molar-refractivity contribution in [2.75, 3.05) is 13.1 Å². The minimum Gasteiger partial charge on any atom is -0.317 e. The Kier molecular flexibility index (Phi) is 8.30. The summed E-state index contributed by atoms with van der Waals surface area (Å²) in [6, 6.07) is 6.79. The van der Waals surface area contributed by atoms with Gasteiger partial charge in [-0.3, -0.25) is 9.88 Å². The molecule has 2 aromatic rings. The molecular weight excluding hydrogens is 352 g/mol. The highest BCUT2D eigenvalue weighted by Gasteiger charge is 2.22. The molecule has 0 aliphatic carbocycles. The average Bonchev–Trinajstić information content (AvgIpc) is 2.89. The highest BCUT2D eigenvalue weighted by molar-refractivity contribution is 7.09. The van der Waals surface area contributed by atoms with Crippen molar-refractivity contribution >= 4 is 23.7 Å². The van der Waals surface area contributed by atoms with Gasteiger partial charge in [-0.05, 0) is 44.5 Å². The van der Waals surface area contributed by atoms with Crippen LogP contribution >= 0.6 is 23.7 Å². The summed E-state index contributed by atoms with van der Waals surface area (Å²) in [4.78, 5) is 12.0. The third kappa shape index (κ3) is 6.03. The van der Waals surface area contributed by atoms with Gasteiger partial charge in [0.25, 0.3) is 0 Å². The van der Waals surface area contributed by atoms with Gasteiger partial charge in [0.2, 0.25) is 0 Å². The van der Waals surface area contributed by atoms with E-state index in [0.29, 0.717) is 12.0 Å². The van der Waals surface area contributed by atoms with Gasteiger partial charge in [-0.1, -0.05) is 19.9 Å². The Hall–Kier alpha value is -1.01. The Labute approximate surface area is 161 Å². The van der Waals surface area contributed by atoms with Crippen molar-refractivity contribution < 1.29 is 0 Å². The van der Waals surface area contributed by atoms with Crippen LogP contribution in [-0.2, 0) is 13.1 Å². The predicted octanol–water partition coefficient (Wildman–Crippen LogP) is 4.23. The minimum absolute atomic E-state index is 0. The van der Waals surface area contributed by atoms with E-state index in [9.17, 15) is 0 Å². The quantitative estimate of drug-likeness (QED) is 0.814. The Morgan fingerprint density at radius 2 is 2.04 bits per heavy atom. The van der Waals surface area contributed by atoms with E-state index < -0.39 is 0 Å². The lowest BCUT2D eigenvalue weighted by Gasteiger charge is -2.30. The normalized spacial score (nSPS) is 18.2. The average molecular weight is 381 g/mol. The molecule has 0 aromatic carbocycles. The van der Waals surface area contributed by atoms with Crippen molar-refractivity contribution in [1.29, 1.82) is 0 Å².